The van der Waals surface area contributed by atoms with E-state index in [1.54, 1.807) is 0 Å². The molecule has 0 amide bonds. The molecule has 0 bridgehead atoms. The summed E-state index contributed by atoms with van der Waals surface area (Å²) in [6, 6.07) is 8.36. The first kappa shape index (κ1) is 15.5. The number of rotatable bonds is 7. The van der Waals surface area contributed by atoms with Gasteiger partial charge in [-0.25, -0.2) is 13.1 Å². The minimum atomic E-state index is -3.21. The van der Waals surface area contributed by atoms with Crippen molar-refractivity contribution in [2.45, 2.75) is 51.6 Å². The first-order chi connectivity index (χ1) is 9.35. The highest BCUT2D eigenvalue weighted by atomic mass is 32.2. The number of hydrogen-bond acceptors (Lipinski definition) is 3. The number of sulfonamides is 1. The molecule has 0 heterocycles. The van der Waals surface area contributed by atoms with Gasteiger partial charge in [0.25, 0.3) is 0 Å². The van der Waals surface area contributed by atoms with Crippen molar-refractivity contribution in [3.05, 3.63) is 35.4 Å². The maximum atomic E-state index is 12.0. The summed E-state index contributed by atoms with van der Waals surface area (Å²) in [6.45, 7) is 7.07. The third kappa shape index (κ3) is 4.89. The molecule has 1 aromatic carbocycles. The van der Waals surface area contributed by atoms with Crippen molar-refractivity contribution >= 4 is 10.0 Å². The van der Waals surface area contributed by atoms with Crippen molar-refractivity contribution in [2.24, 2.45) is 5.92 Å². The third-order valence-electron chi connectivity index (χ3n) is 3.53. The quantitative estimate of drug-likeness (QED) is 0.809. The van der Waals surface area contributed by atoms with Crippen LogP contribution in [0.1, 0.15) is 38.3 Å². The molecule has 0 aromatic heterocycles. The molecule has 2 rings (SSSR count). The van der Waals surface area contributed by atoms with E-state index in [0.29, 0.717) is 12.0 Å². The van der Waals surface area contributed by atoms with Gasteiger partial charge in [-0.3, -0.25) is 0 Å². The van der Waals surface area contributed by atoms with Crippen LogP contribution in [0.4, 0.5) is 0 Å². The molecule has 1 aromatic rings. The summed E-state index contributed by atoms with van der Waals surface area (Å²) in [5, 5.41) is 3.34. The van der Waals surface area contributed by atoms with Crippen LogP contribution in [-0.2, 0) is 22.3 Å². The van der Waals surface area contributed by atoms with Crippen molar-refractivity contribution < 1.29 is 8.42 Å². The summed E-state index contributed by atoms with van der Waals surface area (Å²) in [5.41, 5.74) is 2.00. The second-order valence-corrected chi connectivity index (χ2v) is 7.80. The van der Waals surface area contributed by atoms with E-state index in [-0.39, 0.29) is 11.8 Å². The van der Waals surface area contributed by atoms with E-state index < -0.39 is 10.0 Å². The SMILES string of the molecule is CC(C)NCc1ccc(CS(=O)(=O)NC2CC2C)cc1. The zero-order chi connectivity index (χ0) is 14.8. The molecule has 1 aliphatic rings. The standard InChI is InChI=1S/C15H24N2O2S/c1-11(2)16-9-13-4-6-14(7-5-13)10-20(18,19)17-15-8-12(15)3/h4-7,11-12,15-17H,8-10H2,1-3H3. The van der Waals surface area contributed by atoms with Crippen LogP contribution in [0.15, 0.2) is 24.3 Å². The molecule has 112 valence electrons. The monoisotopic (exact) mass is 296 g/mol. The van der Waals surface area contributed by atoms with Crippen molar-refractivity contribution in [3.8, 4) is 0 Å². The molecule has 20 heavy (non-hydrogen) atoms. The van der Waals surface area contributed by atoms with E-state index in [0.717, 1.165) is 18.5 Å². The second kappa shape index (κ2) is 6.24. The number of hydrogen-bond donors (Lipinski definition) is 2. The van der Waals surface area contributed by atoms with Gasteiger partial charge in [0, 0.05) is 18.6 Å². The van der Waals surface area contributed by atoms with Gasteiger partial charge in [-0.2, -0.15) is 0 Å². The summed E-state index contributed by atoms with van der Waals surface area (Å²) in [4.78, 5) is 0. The largest absolute Gasteiger partial charge is 0.310 e. The summed E-state index contributed by atoms with van der Waals surface area (Å²) >= 11 is 0. The normalized spacial score (nSPS) is 22.2. The van der Waals surface area contributed by atoms with Crippen LogP contribution < -0.4 is 10.0 Å². The number of benzene rings is 1. The molecular weight excluding hydrogens is 272 g/mol. The Morgan fingerprint density at radius 2 is 1.75 bits per heavy atom. The van der Waals surface area contributed by atoms with Crippen molar-refractivity contribution in [1.82, 2.24) is 10.0 Å². The molecule has 0 saturated heterocycles. The summed E-state index contributed by atoms with van der Waals surface area (Å²) in [5.74, 6) is 0.544. The Morgan fingerprint density at radius 1 is 1.20 bits per heavy atom. The van der Waals surface area contributed by atoms with E-state index in [2.05, 4.69) is 30.8 Å². The average molecular weight is 296 g/mol. The molecule has 5 heteroatoms. The predicted octanol–water partition coefficient (Wildman–Crippen LogP) is 2.01. The highest BCUT2D eigenvalue weighted by Crippen LogP contribution is 2.30. The lowest BCUT2D eigenvalue weighted by atomic mass is 10.1. The highest BCUT2D eigenvalue weighted by molar-refractivity contribution is 7.88. The fraction of sp³-hybridized carbons (Fsp3) is 0.600. The molecule has 0 radical (unpaired) electrons. The molecule has 4 nitrogen and oxygen atoms in total. The first-order valence-corrected chi connectivity index (χ1v) is 8.82. The van der Waals surface area contributed by atoms with E-state index in [1.807, 2.05) is 24.3 Å². The lowest BCUT2D eigenvalue weighted by molar-refractivity contribution is 0.577. The zero-order valence-electron chi connectivity index (χ0n) is 12.4. The van der Waals surface area contributed by atoms with Gasteiger partial charge in [0.1, 0.15) is 0 Å². The lowest BCUT2D eigenvalue weighted by Crippen LogP contribution is -2.28. The maximum absolute atomic E-state index is 12.0. The summed E-state index contributed by atoms with van der Waals surface area (Å²) in [6.07, 6.45) is 0.957. The first-order valence-electron chi connectivity index (χ1n) is 7.17. The van der Waals surface area contributed by atoms with Crippen LogP contribution in [0.2, 0.25) is 0 Å². The van der Waals surface area contributed by atoms with Crippen LogP contribution >= 0.6 is 0 Å². The molecule has 1 fully saturated rings. The molecule has 2 N–H and O–H groups in total. The van der Waals surface area contributed by atoms with Gasteiger partial charge in [-0.1, -0.05) is 45.0 Å². The molecule has 1 saturated carbocycles. The van der Waals surface area contributed by atoms with Gasteiger partial charge < -0.3 is 5.32 Å². The van der Waals surface area contributed by atoms with Crippen LogP contribution in [0, 0.1) is 5.92 Å². The fourth-order valence-corrected chi connectivity index (χ4v) is 3.56. The average Bonchev–Trinajstić information content (AvgIpc) is 3.02. The van der Waals surface area contributed by atoms with Gasteiger partial charge in [0.05, 0.1) is 5.75 Å². The van der Waals surface area contributed by atoms with E-state index in [9.17, 15) is 8.42 Å². The Morgan fingerprint density at radius 3 is 2.25 bits per heavy atom. The lowest BCUT2D eigenvalue weighted by Gasteiger charge is -2.09. The second-order valence-electron chi connectivity index (χ2n) is 6.05. The summed E-state index contributed by atoms with van der Waals surface area (Å²) < 4.78 is 26.7. The van der Waals surface area contributed by atoms with Gasteiger partial charge >= 0.3 is 0 Å². The maximum Gasteiger partial charge on any atom is 0.216 e. The number of nitrogens with one attached hydrogen (secondary N) is 2. The Labute approximate surface area is 122 Å². The van der Waals surface area contributed by atoms with Crippen LogP contribution in [-0.4, -0.2) is 20.5 Å². The minimum Gasteiger partial charge on any atom is -0.310 e. The summed E-state index contributed by atoms with van der Waals surface area (Å²) in [7, 11) is -3.21. The third-order valence-corrected chi connectivity index (χ3v) is 4.91. The van der Waals surface area contributed by atoms with Crippen molar-refractivity contribution in [1.29, 1.82) is 0 Å². The molecule has 2 atom stereocenters. The molecule has 0 spiro atoms. The van der Waals surface area contributed by atoms with Crippen molar-refractivity contribution in [2.75, 3.05) is 0 Å². The Balaban J connectivity index is 1.89. The van der Waals surface area contributed by atoms with Gasteiger partial charge in [0.15, 0.2) is 0 Å². The van der Waals surface area contributed by atoms with Crippen molar-refractivity contribution in [3.63, 3.8) is 0 Å². The molecule has 2 unspecified atom stereocenters. The Kier molecular flexibility index (Phi) is 4.83. The Hall–Kier alpha value is -0.910. The van der Waals surface area contributed by atoms with Gasteiger partial charge in [-0.15, -0.1) is 0 Å². The smallest absolute Gasteiger partial charge is 0.216 e. The van der Waals surface area contributed by atoms with E-state index >= 15 is 0 Å². The fourth-order valence-electron chi connectivity index (χ4n) is 2.05. The van der Waals surface area contributed by atoms with E-state index in [4.69, 9.17) is 0 Å². The van der Waals surface area contributed by atoms with Crippen LogP contribution in [0.5, 0.6) is 0 Å². The van der Waals surface area contributed by atoms with Gasteiger partial charge in [0.2, 0.25) is 10.0 Å². The van der Waals surface area contributed by atoms with Crippen LogP contribution in [0.3, 0.4) is 0 Å². The molecule has 1 aliphatic carbocycles. The predicted molar refractivity (Wildman–Crippen MR) is 81.7 cm³/mol. The molecular formula is C15H24N2O2S. The topological polar surface area (TPSA) is 58.2 Å². The minimum absolute atomic E-state index is 0.0636. The Bertz CT molecular complexity index is 537. The zero-order valence-corrected chi connectivity index (χ0v) is 13.2. The highest BCUT2D eigenvalue weighted by Gasteiger charge is 2.35. The molecule has 0 aliphatic heterocycles. The van der Waals surface area contributed by atoms with E-state index in [1.165, 1.54) is 5.56 Å². The van der Waals surface area contributed by atoms with Gasteiger partial charge in [-0.05, 0) is 23.5 Å². The van der Waals surface area contributed by atoms with Crippen LogP contribution in [0.25, 0.3) is 0 Å².